The molecule has 0 unspecified atom stereocenters. The van der Waals surface area contributed by atoms with Gasteiger partial charge in [0.25, 0.3) is 0 Å². The summed E-state index contributed by atoms with van der Waals surface area (Å²) in [7, 11) is 0. The molecule has 1 saturated heterocycles. The van der Waals surface area contributed by atoms with Gasteiger partial charge in [-0.2, -0.15) is 0 Å². The minimum atomic E-state index is 0.490. The molecule has 2 aromatic rings. The van der Waals surface area contributed by atoms with Crippen LogP contribution in [0.5, 0.6) is 0 Å². The number of rotatable bonds is 8. The Bertz CT molecular complexity index is 807. The Morgan fingerprint density at radius 3 is 2.69 bits per heavy atom. The first-order valence-corrected chi connectivity index (χ1v) is 9.44. The predicted molar refractivity (Wildman–Crippen MR) is 110 cm³/mol. The molecule has 0 radical (unpaired) electrons. The molecule has 0 N–H and O–H groups in total. The summed E-state index contributed by atoms with van der Waals surface area (Å²) >= 11 is 0. The number of hydrogen-bond donors (Lipinski definition) is 0. The number of aldehydes is 1. The SMILES string of the molecule is C=C/C=C(\C=C)CCN1CCC(n2ccc3ccc(CC=O)cc32)CC1. The lowest BCUT2D eigenvalue weighted by Gasteiger charge is -2.33. The number of allylic oxidation sites excluding steroid dienone is 3. The van der Waals surface area contributed by atoms with Crippen LogP contribution in [0.2, 0.25) is 0 Å². The van der Waals surface area contributed by atoms with Crippen molar-refractivity contribution in [3.63, 3.8) is 0 Å². The zero-order valence-electron chi connectivity index (χ0n) is 15.4. The molecular weight excluding hydrogens is 320 g/mol. The summed E-state index contributed by atoms with van der Waals surface area (Å²) < 4.78 is 2.41. The van der Waals surface area contributed by atoms with Gasteiger partial charge in [0.1, 0.15) is 6.29 Å². The van der Waals surface area contributed by atoms with Crippen LogP contribution in [0.4, 0.5) is 0 Å². The summed E-state index contributed by atoms with van der Waals surface area (Å²) in [6.45, 7) is 11.0. The van der Waals surface area contributed by atoms with Crippen LogP contribution in [0, 0.1) is 0 Å². The van der Waals surface area contributed by atoms with Crippen LogP contribution in [-0.2, 0) is 11.2 Å². The quantitative estimate of drug-likeness (QED) is 0.510. The van der Waals surface area contributed by atoms with Crippen LogP contribution in [-0.4, -0.2) is 35.4 Å². The molecule has 0 atom stereocenters. The van der Waals surface area contributed by atoms with E-state index >= 15 is 0 Å². The van der Waals surface area contributed by atoms with Gasteiger partial charge < -0.3 is 14.3 Å². The first-order valence-electron chi connectivity index (χ1n) is 9.44. The molecule has 0 aliphatic carbocycles. The fraction of sp³-hybridized carbons (Fsp3) is 0.348. The van der Waals surface area contributed by atoms with E-state index in [2.05, 4.69) is 53.1 Å². The maximum absolute atomic E-state index is 10.8. The highest BCUT2D eigenvalue weighted by Gasteiger charge is 2.21. The van der Waals surface area contributed by atoms with Crippen molar-refractivity contribution in [1.29, 1.82) is 0 Å². The Labute approximate surface area is 156 Å². The summed E-state index contributed by atoms with van der Waals surface area (Å²) in [5, 5.41) is 1.26. The second-order valence-electron chi connectivity index (χ2n) is 6.99. The molecule has 3 rings (SSSR count). The van der Waals surface area contributed by atoms with Crippen molar-refractivity contribution in [3.8, 4) is 0 Å². The summed E-state index contributed by atoms with van der Waals surface area (Å²) in [5.74, 6) is 0. The number of benzene rings is 1. The number of fused-ring (bicyclic) bond motifs is 1. The Hall–Kier alpha value is -2.39. The van der Waals surface area contributed by atoms with E-state index in [0.29, 0.717) is 12.5 Å². The summed E-state index contributed by atoms with van der Waals surface area (Å²) in [5.41, 5.74) is 3.60. The van der Waals surface area contributed by atoms with E-state index in [0.717, 1.165) is 50.7 Å². The Morgan fingerprint density at radius 2 is 2.00 bits per heavy atom. The molecule has 3 heteroatoms. The molecule has 1 aromatic carbocycles. The zero-order chi connectivity index (χ0) is 18.4. The molecule has 0 spiro atoms. The molecule has 0 bridgehead atoms. The monoisotopic (exact) mass is 348 g/mol. The van der Waals surface area contributed by atoms with Crippen molar-refractivity contribution in [2.75, 3.05) is 19.6 Å². The topological polar surface area (TPSA) is 25.2 Å². The van der Waals surface area contributed by atoms with Gasteiger partial charge in [-0.25, -0.2) is 0 Å². The number of carbonyl (C=O) groups excluding carboxylic acids is 1. The fourth-order valence-electron chi connectivity index (χ4n) is 3.85. The molecule has 3 nitrogen and oxygen atoms in total. The van der Waals surface area contributed by atoms with E-state index in [1.165, 1.54) is 16.5 Å². The Kier molecular flexibility index (Phi) is 6.24. The van der Waals surface area contributed by atoms with Gasteiger partial charge in [-0.3, -0.25) is 0 Å². The maximum Gasteiger partial charge on any atom is 0.124 e. The fourth-order valence-corrected chi connectivity index (χ4v) is 3.85. The molecule has 26 heavy (non-hydrogen) atoms. The Morgan fingerprint density at radius 1 is 1.19 bits per heavy atom. The molecule has 136 valence electrons. The number of hydrogen-bond acceptors (Lipinski definition) is 2. The number of piperidine rings is 1. The van der Waals surface area contributed by atoms with Gasteiger partial charge in [0, 0.05) is 43.8 Å². The standard InChI is InChI=1S/C23H28N2O/c1-3-5-19(4-2)8-13-24-14-10-22(11-15-24)25-16-9-21-7-6-20(12-17-26)18-23(21)25/h3-7,9,16-18,22H,1-2,8,10-15H2/b19-5+. The van der Waals surface area contributed by atoms with E-state index in [4.69, 9.17) is 0 Å². The van der Waals surface area contributed by atoms with E-state index in [1.54, 1.807) is 0 Å². The van der Waals surface area contributed by atoms with Crippen molar-refractivity contribution in [1.82, 2.24) is 9.47 Å². The van der Waals surface area contributed by atoms with Crippen molar-refractivity contribution in [2.24, 2.45) is 0 Å². The lowest BCUT2D eigenvalue weighted by atomic mass is 10.0. The number of likely N-dealkylation sites (tertiary alicyclic amines) is 1. The smallest absolute Gasteiger partial charge is 0.124 e. The van der Waals surface area contributed by atoms with Gasteiger partial charge in [-0.1, -0.05) is 43.5 Å². The highest BCUT2D eigenvalue weighted by atomic mass is 16.1. The highest BCUT2D eigenvalue weighted by Crippen LogP contribution is 2.28. The van der Waals surface area contributed by atoms with Crippen LogP contribution in [0.15, 0.2) is 67.4 Å². The van der Waals surface area contributed by atoms with Crippen molar-refractivity contribution in [2.45, 2.75) is 31.7 Å². The van der Waals surface area contributed by atoms with Gasteiger partial charge >= 0.3 is 0 Å². The third-order valence-corrected chi connectivity index (χ3v) is 5.37. The second-order valence-corrected chi connectivity index (χ2v) is 6.99. The van der Waals surface area contributed by atoms with Crippen LogP contribution < -0.4 is 0 Å². The number of aromatic nitrogens is 1. The van der Waals surface area contributed by atoms with Crippen molar-refractivity contribution < 1.29 is 4.79 Å². The minimum Gasteiger partial charge on any atom is -0.344 e. The molecule has 0 amide bonds. The molecule has 1 aromatic heterocycles. The maximum atomic E-state index is 10.8. The third-order valence-electron chi connectivity index (χ3n) is 5.37. The first-order chi connectivity index (χ1) is 12.7. The van der Waals surface area contributed by atoms with Crippen LogP contribution in [0.3, 0.4) is 0 Å². The third kappa shape index (κ3) is 4.23. The molecule has 0 saturated carbocycles. The van der Waals surface area contributed by atoms with Gasteiger partial charge in [-0.15, -0.1) is 0 Å². The van der Waals surface area contributed by atoms with E-state index in [-0.39, 0.29) is 0 Å². The molecule has 1 aliphatic heterocycles. The van der Waals surface area contributed by atoms with Gasteiger partial charge in [-0.05, 0) is 47.9 Å². The first kappa shape index (κ1) is 18.4. The molecule has 1 aliphatic rings. The van der Waals surface area contributed by atoms with E-state index in [9.17, 15) is 4.79 Å². The van der Waals surface area contributed by atoms with E-state index < -0.39 is 0 Å². The normalized spacial score (nSPS) is 16.7. The summed E-state index contributed by atoms with van der Waals surface area (Å²) in [6.07, 6.45) is 12.8. The molecule has 2 heterocycles. The number of carbonyl (C=O) groups is 1. The highest BCUT2D eigenvalue weighted by molar-refractivity contribution is 5.81. The molecule has 1 fully saturated rings. The second kappa shape index (κ2) is 8.81. The minimum absolute atomic E-state index is 0.490. The zero-order valence-corrected chi connectivity index (χ0v) is 15.4. The van der Waals surface area contributed by atoms with Crippen molar-refractivity contribution in [3.05, 3.63) is 73.0 Å². The summed E-state index contributed by atoms with van der Waals surface area (Å²) in [4.78, 5) is 13.4. The lowest BCUT2D eigenvalue weighted by Crippen LogP contribution is -2.35. The average Bonchev–Trinajstić information content (AvgIpc) is 3.09. The lowest BCUT2D eigenvalue weighted by molar-refractivity contribution is -0.107. The van der Waals surface area contributed by atoms with Crippen LogP contribution in [0.25, 0.3) is 10.9 Å². The van der Waals surface area contributed by atoms with Gasteiger partial charge in [0.2, 0.25) is 0 Å². The largest absolute Gasteiger partial charge is 0.344 e. The average molecular weight is 348 g/mol. The molecular formula is C23H28N2O. The van der Waals surface area contributed by atoms with Gasteiger partial charge in [0.15, 0.2) is 0 Å². The van der Waals surface area contributed by atoms with Crippen LogP contribution in [0.1, 0.15) is 30.9 Å². The number of nitrogens with zero attached hydrogens (tertiary/aromatic N) is 2. The summed E-state index contributed by atoms with van der Waals surface area (Å²) in [6, 6.07) is 9.08. The van der Waals surface area contributed by atoms with E-state index in [1.807, 2.05) is 18.2 Å². The predicted octanol–water partition coefficient (Wildman–Crippen LogP) is 4.71. The Balaban J connectivity index is 1.63. The van der Waals surface area contributed by atoms with Crippen molar-refractivity contribution >= 4 is 17.2 Å². The van der Waals surface area contributed by atoms with Crippen LogP contribution >= 0.6 is 0 Å². The van der Waals surface area contributed by atoms with Gasteiger partial charge in [0.05, 0.1) is 0 Å².